The molecule has 7 rings (SSSR count). The molecule has 3 aromatic heterocycles. The van der Waals surface area contributed by atoms with Crippen LogP contribution in [-0.4, -0.2) is 49.9 Å². The van der Waals surface area contributed by atoms with Crippen molar-refractivity contribution in [2.45, 2.75) is 69.2 Å². The Morgan fingerprint density at radius 1 is 1.04 bits per heavy atom. The molecule has 2 aromatic carbocycles. The Labute approximate surface area is 302 Å². The lowest BCUT2D eigenvalue weighted by atomic mass is 9.94. The fourth-order valence-corrected chi connectivity index (χ4v) is 7.38. The van der Waals surface area contributed by atoms with Crippen LogP contribution in [0.25, 0.3) is 22.2 Å². The molecule has 1 saturated carbocycles. The van der Waals surface area contributed by atoms with Crippen molar-refractivity contribution in [2.24, 2.45) is 5.92 Å². The number of nitrogens with one attached hydrogen (secondary N) is 3. The molecule has 2 aliphatic carbocycles. The molecule has 3 atom stereocenters. The van der Waals surface area contributed by atoms with Gasteiger partial charge in [-0.3, -0.25) is 19.4 Å². The summed E-state index contributed by atoms with van der Waals surface area (Å²) in [5.74, 6) is -10.8. The number of hydrogen-bond acceptors (Lipinski definition) is 7. The Bertz CT molecular complexity index is 2440. The highest BCUT2D eigenvalue weighted by Gasteiger charge is 2.67. The van der Waals surface area contributed by atoms with E-state index in [1.807, 2.05) is 4.72 Å². The number of rotatable bonds is 10. The molecule has 0 spiro atoms. The summed E-state index contributed by atoms with van der Waals surface area (Å²) in [5.41, 5.74) is -1.88. The van der Waals surface area contributed by atoms with Gasteiger partial charge in [0.15, 0.2) is 0 Å². The van der Waals surface area contributed by atoms with Crippen LogP contribution in [0.3, 0.4) is 0 Å². The SMILES string of the molecule is CC(C)(C)S(=O)(=O)NC(=O)c1cc(-c2cc3[nH]ncc3nc2[C@H](Cc2cc(F)cc(F)c2)NC(=O)Cn2nc(C(F)F)c3c2C(F)(F)[C@@H]2C[C@H]32)ccc1F. The van der Waals surface area contributed by atoms with E-state index < -0.39 is 97.8 Å². The normalized spacial score (nSPS) is 18.1. The molecule has 3 heterocycles. The molecule has 1 fully saturated rings. The van der Waals surface area contributed by atoms with E-state index in [9.17, 15) is 35.6 Å². The lowest BCUT2D eigenvalue weighted by Gasteiger charge is -2.23. The first-order valence-electron chi connectivity index (χ1n) is 16.5. The lowest BCUT2D eigenvalue weighted by Crippen LogP contribution is -2.42. The molecule has 2 amide bonds. The number of sulfonamides is 1. The standard InChI is InChI=1S/C35H30F7N7O4S/c1-34(2,3)54(52,53)48-33(51)21-9-16(4-5-23(21)38)19-12-24-26(13-43-46-24)45-29(19)25(8-15-6-17(36)10-18(37)7-15)44-27(50)14-49-31-28(30(47-49)32(39)40)20-11-22(20)35(31,41)42/h4-7,9-10,12-13,20,22,25,32H,8,11,14H2,1-3H3,(H,43,46)(H,44,50)(H,48,51)/t20-,22+,25-/m0/s1. The Hall–Kier alpha value is -5.33. The maximum absolute atomic E-state index is 15.3. The summed E-state index contributed by atoms with van der Waals surface area (Å²) in [6.45, 7) is 3.05. The maximum Gasteiger partial charge on any atom is 0.293 e. The van der Waals surface area contributed by atoms with E-state index in [4.69, 9.17) is 0 Å². The van der Waals surface area contributed by atoms with Gasteiger partial charge in [0.25, 0.3) is 18.3 Å². The summed E-state index contributed by atoms with van der Waals surface area (Å²) in [6, 6.07) is 5.88. The van der Waals surface area contributed by atoms with Gasteiger partial charge in [0.1, 0.15) is 40.9 Å². The van der Waals surface area contributed by atoms with Crippen LogP contribution >= 0.6 is 0 Å². The van der Waals surface area contributed by atoms with Gasteiger partial charge in [-0.05, 0) is 81.0 Å². The Morgan fingerprint density at radius 2 is 1.74 bits per heavy atom. The second-order valence-electron chi connectivity index (χ2n) is 14.2. The molecule has 2 aliphatic rings. The number of aromatic nitrogens is 5. The molecule has 11 nitrogen and oxygen atoms in total. The lowest BCUT2D eigenvalue weighted by molar-refractivity contribution is -0.123. The van der Waals surface area contributed by atoms with Crippen molar-refractivity contribution in [1.82, 2.24) is 35.0 Å². The van der Waals surface area contributed by atoms with E-state index in [1.165, 1.54) is 39.1 Å². The number of aromatic amines is 1. The van der Waals surface area contributed by atoms with E-state index in [0.29, 0.717) is 16.3 Å². The minimum Gasteiger partial charge on any atom is -0.346 e. The fraction of sp³-hybridized carbons (Fsp3) is 0.343. The minimum atomic E-state index is -4.27. The molecule has 0 unspecified atom stereocenters. The number of carbonyl (C=O) groups is 2. The number of carbonyl (C=O) groups excluding carboxylic acids is 2. The van der Waals surface area contributed by atoms with Crippen LogP contribution in [0, 0.1) is 23.4 Å². The number of nitrogens with zero attached hydrogens (tertiary/aromatic N) is 4. The first kappa shape index (κ1) is 37.0. The van der Waals surface area contributed by atoms with Crippen molar-refractivity contribution >= 4 is 32.9 Å². The topological polar surface area (TPSA) is 152 Å². The predicted octanol–water partition coefficient (Wildman–Crippen LogP) is 6.34. The quantitative estimate of drug-likeness (QED) is 0.140. The zero-order valence-corrected chi connectivity index (χ0v) is 29.3. The molecule has 0 aliphatic heterocycles. The molecule has 19 heteroatoms. The van der Waals surface area contributed by atoms with Crippen molar-refractivity contribution < 1.29 is 48.7 Å². The van der Waals surface area contributed by atoms with Crippen molar-refractivity contribution in [3.05, 3.63) is 99.9 Å². The minimum absolute atomic E-state index is 0.00791. The second kappa shape index (κ2) is 12.9. The van der Waals surface area contributed by atoms with Crippen molar-refractivity contribution in [1.29, 1.82) is 0 Å². The molecule has 284 valence electrons. The monoisotopic (exact) mass is 777 g/mol. The van der Waals surface area contributed by atoms with Crippen molar-refractivity contribution in [3.8, 4) is 11.1 Å². The van der Waals surface area contributed by atoms with Gasteiger partial charge < -0.3 is 5.32 Å². The number of H-pyrrole nitrogens is 1. The maximum atomic E-state index is 15.3. The zero-order chi connectivity index (χ0) is 39.1. The smallest absolute Gasteiger partial charge is 0.293 e. The summed E-state index contributed by atoms with van der Waals surface area (Å²) in [7, 11) is -4.27. The third-order valence-electron chi connectivity index (χ3n) is 9.50. The molecule has 0 radical (unpaired) electrons. The molecule has 3 N–H and O–H groups in total. The first-order valence-corrected chi connectivity index (χ1v) is 18.0. The van der Waals surface area contributed by atoms with Crippen molar-refractivity contribution in [2.75, 3.05) is 0 Å². The summed E-state index contributed by atoms with van der Waals surface area (Å²) in [6.07, 6.45) is -2.23. The van der Waals surface area contributed by atoms with Gasteiger partial charge in [-0.25, -0.2) is 40.1 Å². The molecule has 0 bridgehead atoms. The number of pyridine rings is 1. The van der Waals surface area contributed by atoms with Crippen LogP contribution in [0.1, 0.15) is 84.1 Å². The van der Waals surface area contributed by atoms with Crippen molar-refractivity contribution in [3.63, 3.8) is 0 Å². The largest absolute Gasteiger partial charge is 0.346 e. The van der Waals surface area contributed by atoms with Gasteiger partial charge >= 0.3 is 0 Å². The van der Waals surface area contributed by atoms with E-state index in [-0.39, 0.29) is 46.3 Å². The van der Waals surface area contributed by atoms with Gasteiger partial charge in [0, 0.05) is 23.1 Å². The van der Waals surface area contributed by atoms with Crippen LogP contribution < -0.4 is 10.0 Å². The number of benzene rings is 2. The average Bonchev–Trinajstić information content (AvgIpc) is 3.47. The average molecular weight is 778 g/mol. The summed E-state index contributed by atoms with van der Waals surface area (Å²) in [5, 5.41) is 12.9. The highest BCUT2D eigenvalue weighted by atomic mass is 32.2. The molecule has 0 saturated heterocycles. The highest BCUT2D eigenvalue weighted by Crippen LogP contribution is 2.68. The van der Waals surface area contributed by atoms with Crippen LogP contribution in [-0.2, 0) is 33.7 Å². The third-order valence-corrected chi connectivity index (χ3v) is 11.6. The third kappa shape index (κ3) is 6.58. The van der Waals surface area contributed by atoms with E-state index in [0.717, 1.165) is 24.3 Å². The summed E-state index contributed by atoms with van der Waals surface area (Å²) in [4.78, 5) is 31.4. The highest BCUT2D eigenvalue weighted by molar-refractivity contribution is 7.91. The molecular formula is C35H30F7N7O4S. The first-order chi connectivity index (χ1) is 25.2. The Kier molecular flexibility index (Phi) is 8.85. The van der Waals surface area contributed by atoms with Gasteiger partial charge in [0.05, 0.1) is 33.8 Å². The zero-order valence-electron chi connectivity index (χ0n) is 28.5. The van der Waals surface area contributed by atoms with Gasteiger partial charge in [-0.2, -0.15) is 19.0 Å². The fourth-order valence-electron chi connectivity index (χ4n) is 6.72. The Morgan fingerprint density at radius 3 is 2.41 bits per heavy atom. The second-order valence-corrected chi connectivity index (χ2v) is 16.7. The molecular weight excluding hydrogens is 747 g/mol. The van der Waals surface area contributed by atoms with Crippen LogP contribution in [0.5, 0.6) is 0 Å². The summed E-state index contributed by atoms with van der Waals surface area (Å²) < 4.78 is 129. The van der Waals surface area contributed by atoms with Gasteiger partial charge in [-0.1, -0.05) is 6.07 Å². The number of hydrogen-bond donors (Lipinski definition) is 3. The van der Waals surface area contributed by atoms with Gasteiger partial charge in [0.2, 0.25) is 15.9 Å². The number of fused-ring (bicyclic) bond motifs is 4. The number of halogens is 7. The molecule has 54 heavy (non-hydrogen) atoms. The number of amides is 2. The Balaban J connectivity index is 1.31. The van der Waals surface area contributed by atoms with E-state index >= 15 is 13.2 Å². The number of alkyl halides is 4. The summed E-state index contributed by atoms with van der Waals surface area (Å²) >= 11 is 0. The van der Waals surface area contributed by atoms with E-state index in [2.05, 4.69) is 25.6 Å². The molecule has 5 aromatic rings. The van der Waals surface area contributed by atoms with Gasteiger partial charge in [-0.15, -0.1) is 0 Å². The van der Waals surface area contributed by atoms with Crippen LogP contribution in [0.2, 0.25) is 0 Å². The van der Waals surface area contributed by atoms with Crippen LogP contribution in [0.15, 0.2) is 48.7 Å². The van der Waals surface area contributed by atoms with E-state index in [1.54, 1.807) is 0 Å². The predicted molar refractivity (Wildman–Crippen MR) is 178 cm³/mol. The van der Waals surface area contributed by atoms with Crippen LogP contribution in [0.4, 0.5) is 30.7 Å².